The molecule has 0 fully saturated rings. The van der Waals surface area contributed by atoms with Crippen molar-refractivity contribution in [2.24, 2.45) is 0 Å². The largest absolute Gasteiger partial charge is 0.431 e. The van der Waals surface area contributed by atoms with Gasteiger partial charge in [-0.1, -0.05) is 6.07 Å². The van der Waals surface area contributed by atoms with Crippen molar-refractivity contribution in [2.45, 2.75) is 12.6 Å². The highest BCUT2D eigenvalue weighted by atomic mass is 32.1. The van der Waals surface area contributed by atoms with Gasteiger partial charge in [0.15, 0.2) is 0 Å². The first-order chi connectivity index (χ1) is 9.88. The molecule has 4 nitrogen and oxygen atoms in total. The van der Waals surface area contributed by atoms with Gasteiger partial charge < -0.3 is 10.3 Å². The van der Waals surface area contributed by atoms with E-state index >= 15 is 0 Å². The Bertz CT molecular complexity index is 677. The fourth-order valence-electron chi connectivity index (χ4n) is 1.67. The van der Waals surface area contributed by atoms with Gasteiger partial charge in [-0.3, -0.25) is 9.59 Å². The number of H-pyrrole nitrogens is 1. The Balaban J connectivity index is 2.01. The molecule has 0 spiro atoms. The number of amides is 1. The number of hydrogen-bond donors (Lipinski definition) is 2. The van der Waals surface area contributed by atoms with Crippen LogP contribution in [0.25, 0.3) is 0 Å². The Morgan fingerprint density at radius 1 is 1.29 bits per heavy atom. The van der Waals surface area contributed by atoms with Crippen molar-refractivity contribution in [2.75, 3.05) is 6.54 Å². The SMILES string of the molecule is O=C(NCCc1cccs1)c1ccc(C(F)(F)F)[nH]c1=O. The first-order valence-corrected chi connectivity index (χ1v) is 6.87. The number of thiophene rings is 1. The van der Waals surface area contributed by atoms with Crippen LogP contribution in [0.1, 0.15) is 20.9 Å². The number of carbonyl (C=O) groups excluding carboxylic acids is 1. The maximum Gasteiger partial charge on any atom is 0.431 e. The van der Waals surface area contributed by atoms with Gasteiger partial charge in [0.25, 0.3) is 11.5 Å². The van der Waals surface area contributed by atoms with Crippen LogP contribution in [-0.2, 0) is 12.6 Å². The average Bonchev–Trinajstić information content (AvgIpc) is 2.90. The van der Waals surface area contributed by atoms with E-state index in [0.29, 0.717) is 19.0 Å². The molecule has 2 aromatic heterocycles. The third kappa shape index (κ3) is 3.94. The lowest BCUT2D eigenvalue weighted by atomic mass is 10.2. The molecule has 112 valence electrons. The van der Waals surface area contributed by atoms with E-state index in [1.165, 1.54) is 11.3 Å². The second-order valence-corrected chi connectivity index (χ2v) is 5.23. The Morgan fingerprint density at radius 2 is 2.05 bits per heavy atom. The van der Waals surface area contributed by atoms with Crippen molar-refractivity contribution < 1.29 is 18.0 Å². The van der Waals surface area contributed by atoms with Crippen LogP contribution in [-0.4, -0.2) is 17.4 Å². The highest BCUT2D eigenvalue weighted by Gasteiger charge is 2.32. The molecule has 0 radical (unpaired) electrons. The Labute approximate surface area is 121 Å². The maximum absolute atomic E-state index is 12.4. The molecule has 21 heavy (non-hydrogen) atoms. The molecule has 8 heteroatoms. The molecule has 2 aromatic rings. The Kier molecular flexibility index (Phi) is 4.46. The van der Waals surface area contributed by atoms with Crippen molar-refractivity contribution in [3.05, 3.63) is 56.1 Å². The van der Waals surface area contributed by atoms with Crippen LogP contribution in [0, 0.1) is 0 Å². The molecule has 0 aliphatic heterocycles. The van der Waals surface area contributed by atoms with E-state index in [4.69, 9.17) is 0 Å². The van der Waals surface area contributed by atoms with Crippen LogP contribution in [0.3, 0.4) is 0 Å². The number of pyridine rings is 1. The maximum atomic E-state index is 12.4. The highest BCUT2D eigenvalue weighted by Crippen LogP contribution is 2.26. The topological polar surface area (TPSA) is 62.0 Å². The molecule has 1 amide bonds. The third-order valence-corrected chi connectivity index (χ3v) is 3.63. The van der Waals surface area contributed by atoms with Crippen LogP contribution in [0.2, 0.25) is 0 Å². The van der Waals surface area contributed by atoms with Gasteiger partial charge >= 0.3 is 6.18 Å². The molecule has 0 aliphatic carbocycles. The molecule has 2 rings (SSSR count). The molecule has 2 N–H and O–H groups in total. The minimum absolute atomic E-state index is 0.305. The van der Waals surface area contributed by atoms with E-state index < -0.39 is 23.3 Å². The number of hydrogen-bond acceptors (Lipinski definition) is 3. The van der Waals surface area contributed by atoms with Crippen LogP contribution < -0.4 is 10.9 Å². The van der Waals surface area contributed by atoms with Crippen molar-refractivity contribution in [3.63, 3.8) is 0 Å². The average molecular weight is 316 g/mol. The summed E-state index contributed by atoms with van der Waals surface area (Å²) in [7, 11) is 0. The Hall–Kier alpha value is -2.09. The van der Waals surface area contributed by atoms with Crippen molar-refractivity contribution in [1.29, 1.82) is 0 Å². The molecule has 0 aromatic carbocycles. The number of rotatable bonds is 4. The lowest BCUT2D eigenvalue weighted by Gasteiger charge is -2.07. The quantitative estimate of drug-likeness (QED) is 0.910. The van der Waals surface area contributed by atoms with E-state index in [2.05, 4.69) is 5.32 Å². The number of nitrogens with one attached hydrogen (secondary N) is 2. The van der Waals surface area contributed by atoms with E-state index in [-0.39, 0.29) is 5.56 Å². The number of halogens is 3. The summed E-state index contributed by atoms with van der Waals surface area (Å²) >= 11 is 1.53. The van der Waals surface area contributed by atoms with Crippen molar-refractivity contribution in [1.82, 2.24) is 10.3 Å². The predicted octanol–water partition coefficient (Wildman–Crippen LogP) is 2.43. The minimum Gasteiger partial charge on any atom is -0.352 e. The summed E-state index contributed by atoms with van der Waals surface area (Å²) in [6.07, 6.45) is -4.05. The molecule has 0 saturated heterocycles. The van der Waals surface area contributed by atoms with E-state index in [1.54, 1.807) is 4.98 Å². The molecule has 0 bridgehead atoms. The summed E-state index contributed by atoms with van der Waals surface area (Å²) in [5, 5.41) is 4.40. The number of alkyl halides is 3. The summed E-state index contributed by atoms with van der Waals surface area (Å²) in [4.78, 5) is 26.0. The van der Waals surface area contributed by atoms with Gasteiger partial charge in [0.05, 0.1) is 0 Å². The smallest absolute Gasteiger partial charge is 0.352 e. The van der Waals surface area contributed by atoms with Crippen LogP contribution in [0.15, 0.2) is 34.4 Å². The molecule has 0 unspecified atom stereocenters. The third-order valence-electron chi connectivity index (χ3n) is 2.70. The van der Waals surface area contributed by atoms with Gasteiger partial charge in [-0.25, -0.2) is 0 Å². The second-order valence-electron chi connectivity index (χ2n) is 4.20. The molecule has 0 atom stereocenters. The van der Waals surface area contributed by atoms with Crippen LogP contribution in [0.4, 0.5) is 13.2 Å². The fourth-order valence-corrected chi connectivity index (χ4v) is 2.38. The van der Waals surface area contributed by atoms with Gasteiger partial charge in [0, 0.05) is 11.4 Å². The van der Waals surface area contributed by atoms with Gasteiger partial charge in [-0.05, 0) is 30.0 Å². The molecular weight excluding hydrogens is 305 g/mol. The van der Waals surface area contributed by atoms with Gasteiger partial charge in [-0.2, -0.15) is 13.2 Å². The van der Waals surface area contributed by atoms with Gasteiger partial charge in [0.2, 0.25) is 0 Å². The zero-order valence-corrected chi connectivity index (χ0v) is 11.5. The summed E-state index contributed by atoms with van der Waals surface area (Å²) in [6.45, 7) is 0.305. The summed E-state index contributed by atoms with van der Waals surface area (Å²) < 4.78 is 37.2. The lowest BCUT2D eigenvalue weighted by molar-refractivity contribution is -0.141. The summed E-state index contributed by atoms with van der Waals surface area (Å²) in [5.74, 6) is -0.693. The standard InChI is InChI=1S/C13H11F3N2O2S/c14-13(15,16)10-4-3-9(12(20)18-10)11(19)17-6-5-8-2-1-7-21-8/h1-4,7H,5-6H2,(H,17,19)(H,18,20). The molecular formula is C13H11F3N2O2S. The van der Waals surface area contributed by atoms with Gasteiger partial charge in [0.1, 0.15) is 11.3 Å². The monoisotopic (exact) mass is 316 g/mol. The molecule has 2 heterocycles. The van der Waals surface area contributed by atoms with Gasteiger partial charge in [-0.15, -0.1) is 11.3 Å². The predicted molar refractivity (Wildman–Crippen MR) is 72.4 cm³/mol. The zero-order valence-electron chi connectivity index (χ0n) is 10.7. The van der Waals surface area contributed by atoms with Crippen molar-refractivity contribution >= 4 is 17.2 Å². The van der Waals surface area contributed by atoms with Crippen LogP contribution >= 0.6 is 11.3 Å². The fraction of sp³-hybridized carbons (Fsp3) is 0.231. The normalized spacial score (nSPS) is 11.4. The molecule has 0 aliphatic rings. The first-order valence-electron chi connectivity index (χ1n) is 5.99. The number of carbonyl (C=O) groups is 1. The summed E-state index contributed by atoms with van der Waals surface area (Å²) in [5.41, 5.74) is -2.57. The van der Waals surface area contributed by atoms with E-state index in [1.807, 2.05) is 17.5 Å². The summed E-state index contributed by atoms with van der Waals surface area (Å²) in [6, 6.07) is 5.34. The lowest BCUT2D eigenvalue weighted by Crippen LogP contribution is -2.31. The highest BCUT2D eigenvalue weighted by molar-refractivity contribution is 7.09. The number of aromatic amines is 1. The van der Waals surface area contributed by atoms with Crippen LogP contribution in [0.5, 0.6) is 0 Å². The second kappa shape index (κ2) is 6.13. The molecule has 0 saturated carbocycles. The van der Waals surface area contributed by atoms with Crippen molar-refractivity contribution in [3.8, 4) is 0 Å². The Morgan fingerprint density at radius 3 is 2.62 bits per heavy atom. The first kappa shape index (κ1) is 15.3. The minimum atomic E-state index is -4.65. The van der Waals surface area contributed by atoms with E-state index in [0.717, 1.165) is 10.9 Å². The zero-order chi connectivity index (χ0) is 15.5. The number of aromatic nitrogens is 1. The van der Waals surface area contributed by atoms with E-state index in [9.17, 15) is 22.8 Å².